The topological polar surface area (TPSA) is 31.8 Å². The van der Waals surface area contributed by atoms with Gasteiger partial charge in [0.05, 0.1) is 0 Å². The molecule has 0 radical (unpaired) electrons. The maximum Gasteiger partial charge on any atom is 0.211 e. The third kappa shape index (κ3) is 17.9. The van der Waals surface area contributed by atoms with Gasteiger partial charge in [0.15, 0.2) is 24.8 Å². The van der Waals surface area contributed by atoms with E-state index in [4.69, 9.17) is 0 Å². The Morgan fingerprint density at radius 3 is 1.12 bits per heavy atom. The number of nitrogens with zero attached hydrogens (tertiary/aromatic N) is 2. The molecule has 0 aliphatic heterocycles. The molecule has 0 saturated carbocycles. The van der Waals surface area contributed by atoms with Crippen LogP contribution in [0.5, 0.6) is 0 Å². The number of anilines is 2. The first-order valence-corrected chi connectivity index (χ1v) is 19.2. The minimum Gasteiger partial charge on any atom is -0.385 e. The summed E-state index contributed by atoms with van der Waals surface area (Å²) in [6.45, 7) is 6.71. The standard InChI is InChI=1S/C36H60Br2N4/c1-3-5-7-9-11-13-15-19-27-39-33-23-29-41(30-24-33)35(37)21-17-18-22-36(38)42-31-25-34(26-32-42)40-28-20-16-14-12-10-8-6-4-2/h23-26,29-32,35-36H,3-22,27-28H2,1-2H3/p+2. The number of unbranched alkanes of at least 4 members (excludes halogenated alkanes) is 15. The normalized spacial score (nSPS) is 12.8. The Morgan fingerprint density at radius 2 is 0.786 bits per heavy atom. The highest BCUT2D eigenvalue weighted by Gasteiger charge is 2.17. The molecule has 2 unspecified atom stereocenters. The van der Waals surface area contributed by atoms with E-state index in [0.717, 1.165) is 25.9 Å². The largest absolute Gasteiger partial charge is 0.385 e. The fraction of sp³-hybridized carbons (Fsp3) is 0.722. The molecule has 0 aliphatic rings. The van der Waals surface area contributed by atoms with E-state index in [1.165, 1.54) is 127 Å². The summed E-state index contributed by atoms with van der Waals surface area (Å²) in [6.07, 6.45) is 35.3. The van der Waals surface area contributed by atoms with Crippen LogP contribution in [-0.4, -0.2) is 13.1 Å². The van der Waals surface area contributed by atoms with Gasteiger partial charge in [-0.1, -0.05) is 104 Å². The van der Waals surface area contributed by atoms with Crippen LogP contribution >= 0.6 is 31.9 Å². The summed E-state index contributed by atoms with van der Waals surface area (Å²) in [5.74, 6) is 0. The van der Waals surface area contributed by atoms with Crippen molar-refractivity contribution in [2.45, 2.75) is 152 Å². The van der Waals surface area contributed by atoms with E-state index in [1.807, 2.05) is 0 Å². The number of nitrogens with one attached hydrogen (secondary N) is 2. The molecule has 0 bridgehead atoms. The molecule has 2 aromatic heterocycles. The zero-order valence-electron chi connectivity index (χ0n) is 27.0. The van der Waals surface area contributed by atoms with Crippen LogP contribution in [0.4, 0.5) is 11.4 Å². The van der Waals surface area contributed by atoms with E-state index in [1.54, 1.807) is 0 Å². The molecule has 0 fully saturated rings. The predicted molar refractivity (Wildman–Crippen MR) is 190 cm³/mol. The molecule has 0 aromatic carbocycles. The summed E-state index contributed by atoms with van der Waals surface area (Å²) in [6, 6.07) is 8.83. The maximum absolute atomic E-state index is 3.90. The van der Waals surface area contributed by atoms with Crippen molar-refractivity contribution in [1.82, 2.24) is 0 Å². The first-order valence-electron chi connectivity index (χ1n) is 17.4. The van der Waals surface area contributed by atoms with Gasteiger partial charge in [-0.05, 0) is 57.5 Å². The molecule has 2 heterocycles. The van der Waals surface area contributed by atoms with Crippen LogP contribution in [0.1, 0.15) is 152 Å². The van der Waals surface area contributed by atoms with Crippen LogP contribution in [0.3, 0.4) is 0 Å². The monoisotopic (exact) mass is 708 g/mol. The third-order valence-electron chi connectivity index (χ3n) is 8.21. The lowest BCUT2D eigenvalue weighted by molar-refractivity contribution is -0.699. The summed E-state index contributed by atoms with van der Waals surface area (Å²) in [7, 11) is 0. The molecule has 2 rings (SSSR count). The third-order valence-corrected chi connectivity index (χ3v) is 10.1. The number of rotatable bonds is 27. The lowest BCUT2D eigenvalue weighted by atomic mass is 10.1. The van der Waals surface area contributed by atoms with Crippen LogP contribution in [0.2, 0.25) is 0 Å². The highest BCUT2D eigenvalue weighted by Crippen LogP contribution is 2.21. The van der Waals surface area contributed by atoms with E-state index in [0.29, 0.717) is 9.90 Å². The van der Waals surface area contributed by atoms with E-state index >= 15 is 0 Å². The summed E-state index contributed by atoms with van der Waals surface area (Å²) in [4.78, 5) is 0.680. The van der Waals surface area contributed by atoms with Crippen molar-refractivity contribution < 1.29 is 9.13 Å². The number of aromatic nitrogens is 2. The van der Waals surface area contributed by atoms with Crippen molar-refractivity contribution in [3.63, 3.8) is 0 Å². The quantitative estimate of drug-likeness (QED) is 0.0550. The van der Waals surface area contributed by atoms with Gasteiger partial charge < -0.3 is 10.6 Å². The second-order valence-electron chi connectivity index (χ2n) is 12.0. The van der Waals surface area contributed by atoms with Gasteiger partial charge in [0.2, 0.25) is 9.90 Å². The second kappa shape index (κ2) is 25.2. The molecule has 2 aromatic rings. The van der Waals surface area contributed by atoms with Gasteiger partial charge in [0.1, 0.15) is 0 Å². The molecular weight excluding hydrogens is 648 g/mol. The summed E-state index contributed by atoms with van der Waals surface area (Å²) in [5, 5.41) is 7.18. The highest BCUT2D eigenvalue weighted by molar-refractivity contribution is 9.09. The van der Waals surface area contributed by atoms with Crippen molar-refractivity contribution in [1.29, 1.82) is 0 Å². The molecule has 6 heteroatoms. The molecule has 4 nitrogen and oxygen atoms in total. The lowest BCUT2D eigenvalue weighted by Gasteiger charge is -2.10. The zero-order chi connectivity index (χ0) is 30.1. The molecule has 0 saturated heterocycles. The van der Waals surface area contributed by atoms with Crippen LogP contribution in [0, 0.1) is 0 Å². The van der Waals surface area contributed by atoms with Gasteiger partial charge in [-0.15, -0.1) is 0 Å². The maximum atomic E-state index is 3.90. The van der Waals surface area contributed by atoms with Crippen molar-refractivity contribution in [3.05, 3.63) is 49.1 Å². The Bertz CT molecular complexity index is 801. The van der Waals surface area contributed by atoms with Crippen LogP contribution < -0.4 is 19.8 Å². The van der Waals surface area contributed by atoms with Crippen molar-refractivity contribution in [2.24, 2.45) is 0 Å². The molecule has 42 heavy (non-hydrogen) atoms. The number of pyridine rings is 2. The summed E-state index contributed by atoms with van der Waals surface area (Å²) < 4.78 is 4.56. The molecule has 238 valence electrons. The predicted octanol–water partition coefficient (Wildman–Crippen LogP) is 11.4. The Labute approximate surface area is 276 Å². The minimum absolute atomic E-state index is 0.340. The van der Waals surface area contributed by atoms with Crippen LogP contribution in [0.15, 0.2) is 49.1 Å². The molecule has 0 spiro atoms. The van der Waals surface area contributed by atoms with E-state index in [2.05, 4.69) is 115 Å². The smallest absolute Gasteiger partial charge is 0.211 e. The summed E-state index contributed by atoms with van der Waals surface area (Å²) in [5.41, 5.74) is 2.45. The van der Waals surface area contributed by atoms with Gasteiger partial charge in [-0.2, -0.15) is 9.13 Å². The van der Waals surface area contributed by atoms with E-state index < -0.39 is 0 Å². The average molecular weight is 711 g/mol. The van der Waals surface area contributed by atoms with Gasteiger partial charge in [-0.3, -0.25) is 0 Å². The van der Waals surface area contributed by atoms with Gasteiger partial charge in [0, 0.05) is 61.6 Å². The first-order chi connectivity index (χ1) is 20.6. The lowest BCUT2D eigenvalue weighted by Crippen LogP contribution is -2.36. The molecule has 0 amide bonds. The Morgan fingerprint density at radius 1 is 0.476 bits per heavy atom. The SMILES string of the molecule is CCCCCCCCCCNc1cc[n+](C(Br)CCCCC(Br)[n+]2ccc(NCCCCCCCCCC)cc2)cc1. The number of halogens is 2. The molecule has 2 N–H and O–H groups in total. The van der Waals surface area contributed by atoms with E-state index in [9.17, 15) is 0 Å². The zero-order valence-corrected chi connectivity index (χ0v) is 30.2. The molecule has 0 aliphatic carbocycles. The van der Waals surface area contributed by atoms with E-state index in [-0.39, 0.29) is 0 Å². The Balaban J connectivity index is 1.52. The second-order valence-corrected chi connectivity index (χ2v) is 14.1. The fourth-order valence-corrected chi connectivity index (χ4v) is 6.59. The minimum atomic E-state index is 0.340. The summed E-state index contributed by atoms with van der Waals surface area (Å²) >= 11 is 7.80. The number of alkyl halides is 2. The van der Waals surface area contributed by atoms with Crippen LogP contribution in [0.25, 0.3) is 0 Å². The highest BCUT2D eigenvalue weighted by atomic mass is 79.9. The van der Waals surface area contributed by atoms with Crippen molar-refractivity contribution >= 4 is 43.2 Å². The first kappa shape index (κ1) is 37.0. The average Bonchev–Trinajstić information content (AvgIpc) is 3.02. The van der Waals surface area contributed by atoms with Crippen LogP contribution in [-0.2, 0) is 0 Å². The number of hydrogen-bond acceptors (Lipinski definition) is 2. The fourth-order valence-electron chi connectivity index (χ4n) is 5.39. The van der Waals surface area contributed by atoms with Gasteiger partial charge in [0.25, 0.3) is 0 Å². The van der Waals surface area contributed by atoms with Crippen molar-refractivity contribution in [2.75, 3.05) is 23.7 Å². The molecule has 2 atom stereocenters. The number of hydrogen-bond donors (Lipinski definition) is 2. The van der Waals surface area contributed by atoms with Crippen molar-refractivity contribution in [3.8, 4) is 0 Å². The molecular formula is C36H62Br2N4+2. The van der Waals surface area contributed by atoms with Gasteiger partial charge >= 0.3 is 0 Å². The Hall–Kier alpha value is -1.14. The Kier molecular flexibility index (Phi) is 22.2. The van der Waals surface area contributed by atoms with Gasteiger partial charge in [-0.25, -0.2) is 0 Å².